The fourth-order valence-electron chi connectivity index (χ4n) is 3.30. The molecule has 2 rings (SSSR count). The maximum absolute atomic E-state index is 11.4. The monoisotopic (exact) mass is 255 g/mol. The summed E-state index contributed by atoms with van der Waals surface area (Å²) in [6.07, 6.45) is 7.30. The van der Waals surface area contributed by atoms with Crippen LogP contribution in [0.5, 0.6) is 0 Å². The summed E-state index contributed by atoms with van der Waals surface area (Å²) in [5.74, 6) is -0.165. The van der Waals surface area contributed by atoms with Gasteiger partial charge in [-0.05, 0) is 50.9 Å². The van der Waals surface area contributed by atoms with Crippen molar-refractivity contribution < 1.29 is 14.3 Å². The SMILES string of the molecule is COC(=O)[C@@H](C)NC1CCC2(CCOCC2)CC1. The molecule has 1 aliphatic heterocycles. The highest BCUT2D eigenvalue weighted by Crippen LogP contribution is 2.44. The van der Waals surface area contributed by atoms with Gasteiger partial charge in [-0.3, -0.25) is 4.79 Å². The van der Waals surface area contributed by atoms with E-state index in [0.29, 0.717) is 11.5 Å². The van der Waals surface area contributed by atoms with Crippen LogP contribution in [0.4, 0.5) is 0 Å². The molecule has 1 saturated heterocycles. The summed E-state index contributed by atoms with van der Waals surface area (Å²) in [4.78, 5) is 11.4. The molecule has 1 heterocycles. The van der Waals surface area contributed by atoms with Crippen LogP contribution >= 0.6 is 0 Å². The first kappa shape index (κ1) is 13.8. The van der Waals surface area contributed by atoms with Gasteiger partial charge in [0, 0.05) is 19.3 Å². The van der Waals surface area contributed by atoms with E-state index in [2.05, 4.69) is 5.32 Å². The lowest BCUT2D eigenvalue weighted by Gasteiger charge is -2.43. The van der Waals surface area contributed by atoms with Gasteiger partial charge in [0.05, 0.1) is 7.11 Å². The Morgan fingerprint density at radius 1 is 1.28 bits per heavy atom. The van der Waals surface area contributed by atoms with E-state index in [-0.39, 0.29) is 12.0 Å². The largest absolute Gasteiger partial charge is 0.468 e. The minimum Gasteiger partial charge on any atom is -0.468 e. The molecule has 0 radical (unpaired) electrons. The molecule has 1 N–H and O–H groups in total. The first-order chi connectivity index (χ1) is 8.65. The summed E-state index contributed by atoms with van der Waals surface area (Å²) >= 11 is 0. The van der Waals surface area contributed by atoms with Crippen LogP contribution in [0.25, 0.3) is 0 Å². The van der Waals surface area contributed by atoms with Crippen molar-refractivity contribution >= 4 is 5.97 Å². The van der Waals surface area contributed by atoms with Gasteiger partial charge in [-0.2, -0.15) is 0 Å². The molecule has 0 unspecified atom stereocenters. The zero-order valence-electron chi connectivity index (χ0n) is 11.5. The van der Waals surface area contributed by atoms with Crippen molar-refractivity contribution in [2.45, 2.75) is 57.5 Å². The average Bonchev–Trinajstić information content (AvgIpc) is 2.41. The lowest BCUT2D eigenvalue weighted by atomic mass is 9.68. The highest BCUT2D eigenvalue weighted by Gasteiger charge is 2.37. The molecule has 0 aromatic rings. The third kappa shape index (κ3) is 3.23. The van der Waals surface area contributed by atoms with Gasteiger partial charge >= 0.3 is 5.97 Å². The number of ether oxygens (including phenoxy) is 2. The van der Waals surface area contributed by atoms with Crippen LogP contribution in [-0.4, -0.2) is 38.4 Å². The van der Waals surface area contributed by atoms with Gasteiger partial charge in [0.2, 0.25) is 0 Å². The van der Waals surface area contributed by atoms with Crippen molar-refractivity contribution in [2.24, 2.45) is 5.41 Å². The minimum atomic E-state index is -0.191. The number of hydrogen-bond donors (Lipinski definition) is 1. The molecule has 2 aliphatic rings. The number of hydrogen-bond acceptors (Lipinski definition) is 4. The predicted molar refractivity (Wildman–Crippen MR) is 69.4 cm³/mol. The zero-order valence-corrected chi connectivity index (χ0v) is 11.5. The Kier molecular flexibility index (Phi) is 4.62. The second-order valence-electron chi connectivity index (χ2n) is 5.80. The second-order valence-corrected chi connectivity index (χ2v) is 5.80. The standard InChI is InChI=1S/C14H25NO3/c1-11(13(16)17-2)15-12-3-5-14(6-4-12)7-9-18-10-8-14/h11-12,15H,3-10H2,1-2H3/t11-/m1/s1. The first-order valence-corrected chi connectivity index (χ1v) is 7.07. The van der Waals surface area contributed by atoms with Crippen molar-refractivity contribution in [2.75, 3.05) is 20.3 Å². The van der Waals surface area contributed by atoms with E-state index < -0.39 is 0 Å². The normalized spacial score (nSPS) is 25.9. The lowest BCUT2D eigenvalue weighted by molar-refractivity contribution is -0.143. The van der Waals surface area contributed by atoms with Crippen molar-refractivity contribution in [3.8, 4) is 0 Å². The van der Waals surface area contributed by atoms with Gasteiger partial charge in [-0.1, -0.05) is 0 Å². The van der Waals surface area contributed by atoms with E-state index in [9.17, 15) is 4.79 Å². The second kappa shape index (κ2) is 6.02. The Bertz CT molecular complexity index is 277. The van der Waals surface area contributed by atoms with E-state index in [1.807, 2.05) is 6.92 Å². The van der Waals surface area contributed by atoms with Crippen LogP contribution in [0.3, 0.4) is 0 Å². The third-order valence-corrected chi connectivity index (χ3v) is 4.64. The summed E-state index contributed by atoms with van der Waals surface area (Å²) in [6.45, 7) is 3.73. The van der Waals surface area contributed by atoms with Gasteiger partial charge in [-0.25, -0.2) is 0 Å². The van der Waals surface area contributed by atoms with Gasteiger partial charge in [0.1, 0.15) is 6.04 Å². The topological polar surface area (TPSA) is 47.6 Å². The van der Waals surface area contributed by atoms with E-state index >= 15 is 0 Å². The molecule has 1 spiro atoms. The number of carbonyl (C=O) groups is 1. The minimum absolute atomic E-state index is 0.165. The van der Waals surface area contributed by atoms with Gasteiger partial charge in [0.25, 0.3) is 0 Å². The van der Waals surface area contributed by atoms with Crippen LogP contribution in [0, 0.1) is 5.41 Å². The Hall–Kier alpha value is -0.610. The quantitative estimate of drug-likeness (QED) is 0.782. The smallest absolute Gasteiger partial charge is 0.322 e. The third-order valence-electron chi connectivity index (χ3n) is 4.64. The Morgan fingerprint density at radius 3 is 2.44 bits per heavy atom. The van der Waals surface area contributed by atoms with E-state index in [0.717, 1.165) is 13.2 Å². The molecule has 0 aromatic carbocycles. The van der Waals surface area contributed by atoms with Gasteiger partial charge in [-0.15, -0.1) is 0 Å². The number of rotatable bonds is 3. The average molecular weight is 255 g/mol. The molecule has 1 aliphatic carbocycles. The number of esters is 1. The van der Waals surface area contributed by atoms with E-state index in [1.54, 1.807) is 0 Å². The highest BCUT2D eigenvalue weighted by atomic mass is 16.5. The molecule has 1 atom stereocenters. The molecule has 18 heavy (non-hydrogen) atoms. The van der Waals surface area contributed by atoms with E-state index in [4.69, 9.17) is 9.47 Å². The van der Waals surface area contributed by atoms with Crippen LogP contribution < -0.4 is 5.32 Å². The van der Waals surface area contributed by atoms with Crippen LogP contribution in [0.15, 0.2) is 0 Å². The summed E-state index contributed by atoms with van der Waals surface area (Å²) in [5, 5.41) is 3.39. The fourth-order valence-corrected chi connectivity index (χ4v) is 3.30. The molecule has 2 fully saturated rings. The Morgan fingerprint density at radius 2 is 1.89 bits per heavy atom. The van der Waals surface area contributed by atoms with Gasteiger partial charge < -0.3 is 14.8 Å². The summed E-state index contributed by atoms with van der Waals surface area (Å²) < 4.78 is 10.2. The summed E-state index contributed by atoms with van der Waals surface area (Å²) in [5.41, 5.74) is 0.533. The van der Waals surface area contributed by atoms with Gasteiger partial charge in [0.15, 0.2) is 0 Å². The van der Waals surface area contributed by atoms with Crippen LogP contribution in [0.1, 0.15) is 45.4 Å². The van der Waals surface area contributed by atoms with Crippen LogP contribution in [0.2, 0.25) is 0 Å². The first-order valence-electron chi connectivity index (χ1n) is 7.07. The highest BCUT2D eigenvalue weighted by molar-refractivity contribution is 5.75. The van der Waals surface area contributed by atoms with Crippen molar-refractivity contribution in [3.05, 3.63) is 0 Å². The van der Waals surface area contributed by atoms with Crippen molar-refractivity contribution in [1.29, 1.82) is 0 Å². The van der Waals surface area contributed by atoms with Crippen LogP contribution in [-0.2, 0) is 14.3 Å². The molecule has 0 aromatic heterocycles. The van der Waals surface area contributed by atoms with Crippen molar-refractivity contribution in [1.82, 2.24) is 5.32 Å². The molecule has 1 saturated carbocycles. The number of methoxy groups -OCH3 is 1. The maximum Gasteiger partial charge on any atom is 0.322 e. The number of nitrogens with one attached hydrogen (secondary N) is 1. The summed E-state index contributed by atoms with van der Waals surface area (Å²) in [7, 11) is 1.44. The fraction of sp³-hybridized carbons (Fsp3) is 0.929. The molecule has 104 valence electrons. The van der Waals surface area contributed by atoms with Crippen molar-refractivity contribution in [3.63, 3.8) is 0 Å². The molecule has 4 nitrogen and oxygen atoms in total. The summed E-state index contributed by atoms with van der Waals surface area (Å²) in [6, 6.07) is 0.274. The zero-order chi connectivity index (χ0) is 13.0. The molecule has 0 bridgehead atoms. The Labute approximate surface area is 109 Å². The number of carbonyl (C=O) groups excluding carboxylic acids is 1. The molecular weight excluding hydrogens is 230 g/mol. The lowest BCUT2D eigenvalue weighted by Crippen LogP contribution is -2.46. The maximum atomic E-state index is 11.4. The van der Waals surface area contributed by atoms with E-state index in [1.165, 1.54) is 45.6 Å². The molecular formula is C14H25NO3. The molecule has 4 heteroatoms. The molecule has 0 amide bonds. The predicted octanol–water partition coefficient (Wildman–Crippen LogP) is 1.88. The Balaban J connectivity index is 1.77.